The second-order valence-corrected chi connectivity index (χ2v) is 8.54. The number of esters is 1. The minimum atomic E-state index is -2.89. The number of hydrogen-bond donors (Lipinski definition) is 2. The van der Waals surface area contributed by atoms with Gasteiger partial charge in [0.1, 0.15) is 0 Å². The SMILES string of the molecule is Cl.N=CN1CCC(CCOC(=O)C(O)(c2ccc(Cl)cc2)C2CCC(F)(F)C2)CC1. The van der Waals surface area contributed by atoms with Crippen LogP contribution in [-0.2, 0) is 15.1 Å². The second-order valence-electron chi connectivity index (χ2n) is 8.10. The molecule has 9 heteroatoms. The summed E-state index contributed by atoms with van der Waals surface area (Å²) in [7, 11) is 0. The molecular formula is C21H28Cl2F2N2O3. The Balaban J connectivity index is 0.00000320. The van der Waals surface area contributed by atoms with Crippen LogP contribution in [0.1, 0.15) is 44.1 Å². The maximum absolute atomic E-state index is 13.8. The zero-order chi connectivity index (χ0) is 21.1. The van der Waals surface area contributed by atoms with Crippen LogP contribution in [0.5, 0.6) is 0 Å². The Labute approximate surface area is 186 Å². The molecule has 1 aliphatic carbocycles. The van der Waals surface area contributed by atoms with Gasteiger partial charge in [0.2, 0.25) is 5.92 Å². The average molecular weight is 465 g/mol. The molecule has 1 aliphatic heterocycles. The van der Waals surface area contributed by atoms with Gasteiger partial charge < -0.3 is 14.7 Å². The van der Waals surface area contributed by atoms with Gasteiger partial charge in [-0.05, 0) is 49.3 Å². The molecule has 5 nitrogen and oxygen atoms in total. The van der Waals surface area contributed by atoms with Crippen molar-refractivity contribution in [2.24, 2.45) is 11.8 Å². The first kappa shape index (κ1) is 24.8. The zero-order valence-corrected chi connectivity index (χ0v) is 18.2. The number of nitrogens with zero attached hydrogens (tertiary/aromatic N) is 1. The number of piperidine rings is 1. The summed E-state index contributed by atoms with van der Waals surface area (Å²) in [6, 6.07) is 6.04. The molecule has 0 spiro atoms. The van der Waals surface area contributed by atoms with Gasteiger partial charge in [-0.15, -0.1) is 12.4 Å². The van der Waals surface area contributed by atoms with E-state index in [0.29, 0.717) is 17.4 Å². The van der Waals surface area contributed by atoms with Crippen molar-refractivity contribution >= 4 is 36.3 Å². The van der Waals surface area contributed by atoms with Crippen molar-refractivity contribution in [1.29, 1.82) is 5.41 Å². The second kappa shape index (κ2) is 10.2. The summed E-state index contributed by atoms with van der Waals surface area (Å²) in [5.41, 5.74) is -1.89. The monoisotopic (exact) mass is 464 g/mol. The summed E-state index contributed by atoms with van der Waals surface area (Å²) < 4.78 is 33.0. The Hall–Kier alpha value is -1.44. The highest BCUT2D eigenvalue weighted by Crippen LogP contribution is 2.48. The minimum absolute atomic E-state index is 0. The van der Waals surface area contributed by atoms with Gasteiger partial charge in [-0.1, -0.05) is 23.7 Å². The van der Waals surface area contributed by atoms with Gasteiger partial charge in [0.15, 0.2) is 5.60 Å². The van der Waals surface area contributed by atoms with Gasteiger partial charge in [0.25, 0.3) is 0 Å². The zero-order valence-electron chi connectivity index (χ0n) is 16.7. The molecule has 2 fully saturated rings. The van der Waals surface area contributed by atoms with Crippen molar-refractivity contribution in [3.8, 4) is 0 Å². The van der Waals surface area contributed by atoms with E-state index in [4.69, 9.17) is 21.7 Å². The maximum atomic E-state index is 13.8. The number of hydrogen-bond acceptors (Lipinski definition) is 4. The van der Waals surface area contributed by atoms with E-state index in [-0.39, 0.29) is 37.4 Å². The molecule has 0 amide bonds. The molecule has 1 heterocycles. The lowest BCUT2D eigenvalue weighted by molar-refractivity contribution is -0.175. The summed E-state index contributed by atoms with van der Waals surface area (Å²) in [6.45, 7) is 1.73. The number of aliphatic hydroxyl groups is 1. The summed E-state index contributed by atoms with van der Waals surface area (Å²) in [6.07, 6.45) is 2.93. The topological polar surface area (TPSA) is 73.6 Å². The lowest BCUT2D eigenvalue weighted by atomic mass is 9.80. The summed E-state index contributed by atoms with van der Waals surface area (Å²) in [5.74, 6) is -4.31. The quantitative estimate of drug-likeness (QED) is 0.350. The largest absolute Gasteiger partial charge is 0.463 e. The third-order valence-electron chi connectivity index (χ3n) is 6.18. The lowest BCUT2D eigenvalue weighted by Crippen LogP contribution is -2.44. The van der Waals surface area contributed by atoms with Crippen LogP contribution < -0.4 is 0 Å². The van der Waals surface area contributed by atoms with Gasteiger partial charge in [0, 0.05) is 36.9 Å². The third kappa shape index (κ3) is 5.62. The van der Waals surface area contributed by atoms with Gasteiger partial charge in [-0.2, -0.15) is 0 Å². The highest BCUT2D eigenvalue weighted by Gasteiger charge is 2.54. The summed E-state index contributed by atoms with van der Waals surface area (Å²) >= 11 is 5.90. The predicted molar refractivity (Wildman–Crippen MR) is 114 cm³/mol. The van der Waals surface area contributed by atoms with Crippen LogP contribution in [0, 0.1) is 17.2 Å². The van der Waals surface area contributed by atoms with E-state index >= 15 is 0 Å². The van der Waals surface area contributed by atoms with Crippen LogP contribution >= 0.6 is 24.0 Å². The van der Waals surface area contributed by atoms with Crippen LogP contribution in [0.2, 0.25) is 5.02 Å². The predicted octanol–water partition coefficient (Wildman–Crippen LogP) is 4.64. The molecule has 168 valence electrons. The van der Waals surface area contributed by atoms with Crippen molar-refractivity contribution in [3.05, 3.63) is 34.9 Å². The number of likely N-dealkylation sites (tertiary alicyclic amines) is 1. The molecule has 2 unspecified atom stereocenters. The molecule has 1 saturated heterocycles. The van der Waals surface area contributed by atoms with Gasteiger partial charge in [0.05, 0.1) is 12.9 Å². The van der Waals surface area contributed by atoms with E-state index in [1.165, 1.54) is 30.6 Å². The van der Waals surface area contributed by atoms with E-state index in [0.717, 1.165) is 25.9 Å². The molecule has 2 aliphatic rings. The van der Waals surface area contributed by atoms with E-state index in [1.807, 2.05) is 4.90 Å². The van der Waals surface area contributed by atoms with Crippen LogP contribution in [-0.4, -0.2) is 47.9 Å². The number of carbonyl (C=O) groups is 1. The van der Waals surface area contributed by atoms with Crippen molar-refractivity contribution in [1.82, 2.24) is 4.90 Å². The first-order valence-corrected chi connectivity index (χ1v) is 10.4. The first-order valence-electron chi connectivity index (χ1n) is 10.0. The Bertz CT molecular complexity index is 727. The highest BCUT2D eigenvalue weighted by atomic mass is 35.5. The van der Waals surface area contributed by atoms with Crippen LogP contribution in [0.3, 0.4) is 0 Å². The molecule has 2 N–H and O–H groups in total. The van der Waals surface area contributed by atoms with Crippen LogP contribution in [0.15, 0.2) is 24.3 Å². The van der Waals surface area contributed by atoms with Crippen LogP contribution in [0.25, 0.3) is 0 Å². The number of ether oxygens (including phenoxy) is 1. The standard InChI is InChI=1S/C21H27ClF2N2O3.ClH/c22-18-3-1-16(2-4-18)21(28,17-5-9-20(23,24)13-17)19(27)29-12-8-15-6-10-26(14-25)11-7-15;/h1-4,14-15,17,25,28H,5-13H2;1H. The molecule has 1 aromatic rings. The Kier molecular flexibility index (Phi) is 8.48. The third-order valence-corrected chi connectivity index (χ3v) is 6.43. The number of carbonyl (C=O) groups excluding carboxylic acids is 1. The molecule has 2 atom stereocenters. The molecule has 1 aromatic carbocycles. The molecule has 1 saturated carbocycles. The van der Waals surface area contributed by atoms with E-state index in [1.54, 1.807) is 0 Å². The molecule has 3 rings (SSSR count). The fraction of sp³-hybridized carbons (Fsp3) is 0.619. The van der Waals surface area contributed by atoms with Crippen molar-refractivity contribution in [2.75, 3.05) is 19.7 Å². The number of rotatable bonds is 7. The Morgan fingerprint density at radius 1 is 1.30 bits per heavy atom. The molecule has 0 aromatic heterocycles. The summed E-state index contributed by atoms with van der Waals surface area (Å²) in [5, 5.41) is 19.0. The number of benzene rings is 1. The number of halogens is 4. The van der Waals surface area contributed by atoms with Gasteiger partial charge in [-0.25, -0.2) is 13.6 Å². The van der Waals surface area contributed by atoms with E-state index < -0.39 is 29.8 Å². The Morgan fingerprint density at radius 3 is 2.47 bits per heavy atom. The van der Waals surface area contributed by atoms with Crippen molar-refractivity contribution < 1.29 is 23.4 Å². The van der Waals surface area contributed by atoms with Crippen molar-refractivity contribution in [3.63, 3.8) is 0 Å². The van der Waals surface area contributed by atoms with E-state index in [9.17, 15) is 18.7 Å². The first-order chi connectivity index (χ1) is 13.7. The van der Waals surface area contributed by atoms with Crippen LogP contribution in [0.4, 0.5) is 8.78 Å². The van der Waals surface area contributed by atoms with Gasteiger partial charge >= 0.3 is 5.97 Å². The molecule has 0 radical (unpaired) electrons. The highest BCUT2D eigenvalue weighted by molar-refractivity contribution is 6.30. The minimum Gasteiger partial charge on any atom is -0.463 e. The normalized spacial score (nSPS) is 23.3. The van der Waals surface area contributed by atoms with E-state index in [2.05, 4.69) is 0 Å². The smallest absolute Gasteiger partial charge is 0.343 e. The Morgan fingerprint density at radius 2 is 1.93 bits per heavy atom. The molecular weight excluding hydrogens is 437 g/mol. The summed E-state index contributed by atoms with van der Waals surface area (Å²) in [4.78, 5) is 14.8. The fourth-order valence-electron chi connectivity index (χ4n) is 4.33. The van der Waals surface area contributed by atoms with Gasteiger partial charge in [-0.3, -0.25) is 5.41 Å². The average Bonchev–Trinajstić information content (AvgIpc) is 3.08. The number of alkyl halides is 2. The van der Waals surface area contributed by atoms with Crippen molar-refractivity contribution in [2.45, 2.75) is 50.0 Å². The molecule has 30 heavy (non-hydrogen) atoms. The maximum Gasteiger partial charge on any atom is 0.343 e. The fourth-order valence-corrected chi connectivity index (χ4v) is 4.46. The number of nitrogens with one attached hydrogen (secondary N) is 1. The lowest BCUT2D eigenvalue weighted by Gasteiger charge is -2.33. The molecule has 0 bridgehead atoms.